The summed E-state index contributed by atoms with van der Waals surface area (Å²) in [6.07, 6.45) is 0.676. The molecular weight excluding hydrogens is 234 g/mol. The highest BCUT2D eigenvalue weighted by molar-refractivity contribution is 5.95. The minimum Gasteiger partial charge on any atom is -0.493 e. The lowest BCUT2D eigenvalue weighted by atomic mass is 10.1. The van der Waals surface area contributed by atoms with Crippen molar-refractivity contribution < 1.29 is 19.4 Å². The van der Waals surface area contributed by atoms with Crippen molar-refractivity contribution >= 4 is 5.91 Å². The van der Waals surface area contributed by atoms with Crippen LogP contribution in [0.4, 0.5) is 0 Å². The lowest BCUT2D eigenvalue weighted by molar-refractivity contribution is 0.0914. The quantitative estimate of drug-likeness (QED) is 0.799. The van der Waals surface area contributed by atoms with Crippen LogP contribution in [-0.2, 0) is 0 Å². The third-order valence-electron chi connectivity index (χ3n) is 2.69. The molecule has 5 nitrogen and oxygen atoms in total. The van der Waals surface area contributed by atoms with E-state index in [2.05, 4.69) is 5.32 Å². The third-order valence-corrected chi connectivity index (χ3v) is 2.69. The molecule has 0 aliphatic heterocycles. The van der Waals surface area contributed by atoms with E-state index < -0.39 is 0 Å². The Hall–Kier alpha value is -1.75. The van der Waals surface area contributed by atoms with Crippen molar-refractivity contribution in [1.29, 1.82) is 0 Å². The summed E-state index contributed by atoms with van der Waals surface area (Å²) >= 11 is 0. The monoisotopic (exact) mass is 253 g/mol. The smallest absolute Gasteiger partial charge is 0.251 e. The molecule has 1 aromatic carbocycles. The van der Waals surface area contributed by atoms with Crippen LogP contribution in [0.1, 0.15) is 23.7 Å². The number of ether oxygens (including phenoxy) is 2. The Morgan fingerprint density at radius 1 is 1.33 bits per heavy atom. The number of carbonyl (C=O) groups is 1. The molecule has 1 amide bonds. The second-order valence-electron chi connectivity index (χ2n) is 3.83. The van der Waals surface area contributed by atoms with Crippen LogP contribution < -0.4 is 14.8 Å². The number of aliphatic hydroxyl groups excluding tert-OH is 1. The molecule has 0 saturated carbocycles. The van der Waals surface area contributed by atoms with Crippen molar-refractivity contribution in [3.63, 3.8) is 0 Å². The minimum atomic E-state index is -0.239. The van der Waals surface area contributed by atoms with Crippen molar-refractivity contribution in [2.45, 2.75) is 19.4 Å². The predicted octanol–water partition coefficient (Wildman–Crippen LogP) is 1.20. The lowest BCUT2D eigenvalue weighted by Crippen LogP contribution is -2.36. The lowest BCUT2D eigenvalue weighted by Gasteiger charge is -2.15. The SMILES string of the molecule is CCC(CO)NC(=O)c1ccc(OC)c(OC)c1. The van der Waals surface area contributed by atoms with E-state index in [1.54, 1.807) is 18.2 Å². The summed E-state index contributed by atoms with van der Waals surface area (Å²) < 4.78 is 10.2. The topological polar surface area (TPSA) is 67.8 Å². The summed E-state index contributed by atoms with van der Waals surface area (Å²) in [5, 5.41) is 11.8. The second kappa shape index (κ2) is 6.86. The molecule has 0 spiro atoms. The molecule has 1 rings (SSSR count). The van der Waals surface area contributed by atoms with Crippen molar-refractivity contribution in [3.05, 3.63) is 23.8 Å². The molecule has 0 saturated heterocycles. The van der Waals surface area contributed by atoms with E-state index >= 15 is 0 Å². The van der Waals surface area contributed by atoms with Gasteiger partial charge in [-0.3, -0.25) is 4.79 Å². The average Bonchev–Trinajstić information content (AvgIpc) is 2.43. The highest BCUT2D eigenvalue weighted by atomic mass is 16.5. The Balaban J connectivity index is 2.86. The normalized spacial score (nSPS) is 11.8. The Labute approximate surface area is 107 Å². The van der Waals surface area contributed by atoms with E-state index in [4.69, 9.17) is 14.6 Å². The van der Waals surface area contributed by atoms with Crippen LogP contribution >= 0.6 is 0 Å². The van der Waals surface area contributed by atoms with Crippen molar-refractivity contribution in [1.82, 2.24) is 5.32 Å². The Morgan fingerprint density at radius 3 is 2.50 bits per heavy atom. The minimum absolute atomic E-state index is 0.0739. The highest BCUT2D eigenvalue weighted by Gasteiger charge is 2.13. The van der Waals surface area contributed by atoms with Gasteiger partial charge in [0.15, 0.2) is 11.5 Å². The first-order valence-corrected chi connectivity index (χ1v) is 5.80. The number of methoxy groups -OCH3 is 2. The van der Waals surface area contributed by atoms with Crippen LogP contribution in [0, 0.1) is 0 Å². The molecule has 1 atom stereocenters. The van der Waals surface area contributed by atoms with Gasteiger partial charge in [-0.25, -0.2) is 0 Å². The Bertz CT molecular complexity index is 402. The molecule has 100 valence electrons. The maximum absolute atomic E-state index is 11.9. The maximum atomic E-state index is 11.9. The fourth-order valence-electron chi connectivity index (χ4n) is 1.52. The first-order valence-electron chi connectivity index (χ1n) is 5.80. The molecule has 0 fully saturated rings. The molecular formula is C13H19NO4. The first-order chi connectivity index (χ1) is 8.65. The van der Waals surface area contributed by atoms with E-state index in [9.17, 15) is 4.79 Å². The van der Waals surface area contributed by atoms with Gasteiger partial charge in [-0.15, -0.1) is 0 Å². The number of nitrogens with one attached hydrogen (secondary N) is 1. The number of rotatable bonds is 6. The molecule has 1 aromatic rings. The van der Waals surface area contributed by atoms with Crippen molar-refractivity contribution in [3.8, 4) is 11.5 Å². The third kappa shape index (κ3) is 3.37. The fourth-order valence-corrected chi connectivity index (χ4v) is 1.52. The molecule has 0 aliphatic rings. The van der Waals surface area contributed by atoms with Gasteiger partial charge in [0, 0.05) is 5.56 Å². The van der Waals surface area contributed by atoms with E-state index in [-0.39, 0.29) is 18.6 Å². The van der Waals surface area contributed by atoms with Gasteiger partial charge < -0.3 is 19.9 Å². The zero-order valence-electron chi connectivity index (χ0n) is 10.9. The van der Waals surface area contributed by atoms with Gasteiger partial charge in [0.05, 0.1) is 26.9 Å². The van der Waals surface area contributed by atoms with Gasteiger partial charge in [0.1, 0.15) is 0 Å². The number of hydrogen-bond acceptors (Lipinski definition) is 4. The predicted molar refractivity (Wildman–Crippen MR) is 68.2 cm³/mol. The summed E-state index contributed by atoms with van der Waals surface area (Å²) in [5.41, 5.74) is 0.472. The second-order valence-corrected chi connectivity index (χ2v) is 3.83. The number of amides is 1. The first kappa shape index (κ1) is 14.3. The Morgan fingerprint density at radius 2 is 2.00 bits per heavy atom. The van der Waals surface area contributed by atoms with Crippen LogP contribution in [0.15, 0.2) is 18.2 Å². The van der Waals surface area contributed by atoms with Gasteiger partial charge in [-0.1, -0.05) is 6.92 Å². The van der Waals surface area contributed by atoms with Crippen LogP contribution in [0.3, 0.4) is 0 Å². The van der Waals surface area contributed by atoms with Gasteiger partial charge in [-0.2, -0.15) is 0 Å². The molecule has 5 heteroatoms. The van der Waals surface area contributed by atoms with Gasteiger partial charge in [0.2, 0.25) is 0 Å². The Kier molecular flexibility index (Phi) is 5.45. The molecule has 1 unspecified atom stereocenters. The summed E-state index contributed by atoms with van der Waals surface area (Å²) in [6, 6.07) is 4.71. The standard InChI is InChI=1S/C13H19NO4/c1-4-10(8-15)14-13(16)9-5-6-11(17-2)12(7-9)18-3/h5-7,10,15H,4,8H2,1-3H3,(H,14,16). The van der Waals surface area contributed by atoms with Gasteiger partial charge >= 0.3 is 0 Å². The van der Waals surface area contributed by atoms with Crippen LogP contribution in [0.2, 0.25) is 0 Å². The van der Waals surface area contributed by atoms with E-state index in [0.717, 1.165) is 0 Å². The average molecular weight is 253 g/mol. The molecule has 0 aliphatic carbocycles. The van der Waals surface area contributed by atoms with Gasteiger partial charge in [0.25, 0.3) is 5.91 Å². The summed E-state index contributed by atoms with van der Waals surface area (Å²) in [6.45, 7) is 1.82. The van der Waals surface area contributed by atoms with E-state index in [0.29, 0.717) is 23.5 Å². The highest BCUT2D eigenvalue weighted by Crippen LogP contribution is 2.27. The van der Waals surface area contributed by atoms with Crippen molar-refractivity contribution in [2.75, 3.05) is 20.8 Å². The summed E-state index contributed by atoms with van der Waals surface area (Å²) in [5.74, 6) is 0.835. The molecule has 0 bridgehead atoms. The maximum Gasteiger partial charge on any atom is 0.251 e. The van der Waals surface area contributed by atoms with Crippen LogP contribution in [0.5, 0.6) is 11.5 Å². The molecule has 0 heterocycles. The van der Waals surface area contributed by atoms with Gasteiger partial charge in [-0.05, 0) is 24.6 Å². The number of benzene rings is 1. The summed E-state index contributed by atoms with van der Waals surface area (Å²) in [7, 11) is 3.05. The number of carbonyl (C=O) groups excluding carboxylic acids is 1. The number of hydrogen-bond donors (Lipinski definition) is 2. The number of aliphatic hydroxyl groups is 1. The van der Waals surface area contributed by atoms with Crippen LogP contribution in [-0.4, -0.2) is 37.9 Å². The summed E-state index contributed by atoms with van der Waals surface area (Å²) in [4.78, 5) is 11.9. The van der Waals surface area contributed by atoms with E-state index in [1.807, 2.05) is 6.92 Å². The molecule has 18 heavy (non-hydrogen) atoms. The zero-order chi connectivity index (χ0) is 13.5. The van der Waals surface area contributed by atoms with Crippen molar-refractivity contribution in [2.24, 2.45) is 0 Å². The molecule has 2 N–H and O–H groups in total. The molecule has 0 aromatic heterocycles. The fraction of sp³-hybridized carbons (Fsp3) is 0.462. The molecule has 0 radical (unpaired) electrons. The zero-order valence-corrected chi connectivity index (χ0v) is 10.9. The van der Waals surface area contributed by atoms with Crippen LogP contribution in [0.25, 0.3) is 0 Å². The largest absolute Gasteiger partial charge is 0.493 e. The van der Waals surface area contributed by atoms with E-state index in [1.165, 1.54) is 14.2 Å².